The number of carbonyl (C=O) groups is 2. The van der Waals surface area contributed by atoms with Gasteiger partial charge in [0, 0.05) is 0 Å². The first-order valence-corrected chi connectivity index (χ1v) is 10.2. The van der Waals surface area contributed by atoms with Crippen molar-refractivity contribution in [3.63, 3.8) is 0 Å². The van der Waals surface area contributed by atoms with Gasteiger partial charge >= 0.3 is 11.9 Å². The predicted octanol–water partition coefficient (Wildman–Crippen LogP) is 4.87. The number of aliphatic carboxylic acids is 2. The molecule has 0 unspecified atom stereocenters. The summed E-state index contributed by atoms with van der Waals surface area (Å²) in [7, 11) is 0. The van der Waals surface area contributed by atoms with Crippen molar-refractivity contribution >= 4 is 35.5 Å². The van der Waals surface area contributed by atoms with Crippen molar-refractivity contribution < 1.29 is 19.8 Å². The molecule has 0 saturated heterocycles. The number of hydrogen-bond donors (Lipinski definition) is 2. The zero-order valence-corrected chi connectivity index (χ0v) is 15.4. The molecule has 0 aliphatic heterocycles. The molecule has 0 aliphatic rings. The quantitative estimate of drug-likeness (QED) is 0.324. The lowest BCUT2D eigenvalue weighted by Gasteiger charge is -2.26. The van der Waals surface area contributed by atoms with Gasteiger partial charge in [-0.15, -0.1) is 23.5 Å². The van der Waals surface area contributed by atoms with E-state index in [1.54, 1.807) is 0 Å². The largest absolute Gasteiger partial charge is 0.481 e. The van der Waals surface area contributed by atoms with E-state index in [2.05, 4.69) is 13.8 Å². The molecule has 6 heteroatoms. The molecule has 0 amide bonds. The van der Waals surface area contributed by atoms with Crippen LogP contribution in [0.25, 0.3) is 0 Å². The second kappa shape index (κ2) is 13.1. The number of thioether (sulfide) groups is 2. The van der Waals surface area contributed by atoms with Crippen molar-refractivity contribution in [3.8, 4) is 0 Å². The molecular formula is C16H30O4S2. The maximum atomic E-state index is 11.7. The van der Waals surface area contributed by atoms with Crippen molar-refractivity contribution in [3.05, 3.63) is 0 Å². The highest BCUT2D eigenvalue weighted by Crippen LogP contribution is 2.42. The van der Waals surface area contributed by atoms with E-state index in [1.807, 2.05) is 0 Å². The Morgan fingerprint density at radius 3 is 1.59 bits per heavy atom. The number of rotatable bonds is 15. The van der Waals surface area contributed by atoms with Gasteiger partial charge in [-0.3, -0.25) is 4.79 Å². The standard InChI is InChI=1S/C16H30O4S2/c1-3-5-7-9-11-21-16(15(19)20,13-14(17)18)22-12-10-8-6-4-2/h3-13H2,1-2H3,(H,17,18)(H,19,20). The van der Waals surface area contributed by atoms with E-state index in [0.29, 0.717) is 11.5 Å². The normalized spacial score (nSPS) is 11.5. The Morgan fingerprint density at radius 1 is 0.818 bits per heavy atom. The van der Waals surface area contributed by atoms with E-state index in [4.69, 9.17) is 5.11 Å². The summed E-state index contributed by atoms with van der Waals surface area (Å²) >= 11 is 2.60. The molecule has 0 atom stereocenters. The average molecular weight is 351 g/mol. The number of carboxylic acids is 2. The van der Waals surface area contributed by atoms with E-state index < -0.39 is 16.0 Å². The SMILES string of the molecule is CCCCCCSC(CC(=O)O)(SCCCCCC)C(=O)O. The minimum atomic E-state index is -1.23. The van der Waals surface area contributed by atoms with Crippen LogP contribution in [0.3, 0.4) is 0 Å². The topological polar surface area (TPSA) is 74.6 Å². The Morgan fingerprint density at radius 2 is 1.27 bits per heavy atom. The Bertz CT molecular complexity index is 307. The lowest BCUT2D eigenvalue weighted by molar-refractivity contribution is -0.143. The summed E-state index contributed by atoms with van der Waals surface area (Å²) in [6.07, 6.45) is 8.28. The fourth-order valence-electron chi connectivity index (χ4n) is 2.07. The van der Waals surface area contributed by atoms with Crippen LogP contribution in [0.4, 0.5) is 0 Å². The molecule has 0 fully saturated rings. The van der Waals surface area contributed by atoms with Crippen molar-refractivity contribution in [1.29, 1.82) is 0 Å². The van der Waals surface area contributed by atoms with Gasteiger partial charge in [0.25, 0.3) is 0 Å². The van der Waals surface area contributed by atoms with Gasteiger partial charge in [0.05, 0.1) is 6.42 Å². The Kier molecular flexibility index (Phi) is 12.9. The third-order valence-electron chi connectivity index (χ3n) is 3.38. The fourth-order valence-corrected chi connectivity index (χ4v) is 4.96. The monoisotopic (exact) mass is 350 g/mol. The summed E-state index contributed by atoms with van der Waals surface area (Å²) in [5, 5.41) is 18.7. The zero-order chi connectivity index (χ0) is 16.8. The molecule has 0 spiro atoms. The molecule has 0 bridgehead atoms. The van der Waals surface area contributed by atoms with Gasteiger partial charge in [-0.05, 0) is 24.3 Å². The zero-order valence-electron chi connectivity index (χ0n) is 13.8. The van der Waals surface area contributed by atoms with E-state index in [-0.39, 0.29) is 6.42 Å². The minimum absolute atomic E-state index is 0.320. The Balaban J connectivity index is 4.49. The van der Waals surface area contributed by atoms with Gasteiger partial charge < -0.3 is 10.2 Å². The molecule has 0 aromatic heterocycles. The molecule has 0 heterocycles. The summed E-state index contributed by atoms with van der Waals surface area (Å²) in [4.78, 5) is 22.8. The highest BCUT2D eigenvalue weighted by molar-refractivity contribution is 8.19. The van der Waals surface area contributed by atoms with Crippen LogP contribution in [0.5, 0.6) is 0 Å². The number of unbranched alkanes of at least 4 members (excludes halogenated alkanes) is 6. The van der Waals surface area contributed by atoms with Crippen LogP contribution in [-0.4, -0.2) is 37.7 Å². The first kappa shape index (κ1) is 21.6. The molecule has 130 valence electrons. The number of hydrogen-bond acceptors (Lipinski definition) is 4. The van der Waals surface area contributed by atoms with E-state index in [1.165, 1.54) is 23.5 Å². The lowest BCUT2D eigenvalue weighted by Crippen LogP contribution is -2.35. The molecule has 0 aromatic rings. The first-order valence-electron chi connectivity index (χ1n) is 8.21. The first-order chi connectivity index (χ1) is 10.5. The molecule has 0 radical (unpaired) electrons. The van der Waals surface area contributed by atoms with E-state index in [9.17, 15) is 14.7 Å². The summed E-state index contributed by atoms with van der Waals surface area (Å²) in [5.41, 5.74) is 0. The Labute approximate surface area is 142 Å². The maximum absolute atomic E-state index is 11.7. The summed E-state index contributed by atoms with van der Waals surface area (Å²) in [6, 6.07) is 0. The molecule has 0 aromatic carbocycles. The molecule has 2 N–H and O–H groups in total. The van der Waals surface area contributed by atoms with Crippen LogP contribution in [0.15, 0.2) is 0 Å². The maximum Gasteiger partial charge on any atom is 0.330 e. The molecular weight excluding hydrogens is 320 g/mol. The summed E-state index contributed by atoms with van der Waals surface area (Å²) in [6.45, 7) is 4.26. The van der Waals surface area contributed by atoms with Gasteiger partial charge in [0.15, 0.2) is 4.08 Å². The van der Waals surface area contributed by atoms with Gasteiger partial charge in [0.1, 0.15) is 0 Å². The predicted molar refractivity (Wildman–Crippen MR) is 95.8 cm³/mol. The highest BCUT2D eigenvalue weighted by Gasteiger charge is 2.41. The highest BCUT2D eigenvalue weighted by atomic mass is 32.2. The van der Waals surface area contributed by atoms with Crippen molar-refractivity contribution in [2.75, 3.05) is 11.5 Å². The van der Waals surface area contributed by atoms with Crippen molar-refractivity contribution in [2.45, 2.75) is 75.7 Å². The van der Waals surface area contributed by atoms with Gasteiger partial charge in [-0.25, -0.2) is 4.79 Å². The van der Waals surface area contributed by atoms with Crippen molar-refractivity contribution in [2.24, 2.45) is 0 Å². The second-order valence-electron chi connectivity index (χ2n) is 5.45. The summed E-state index contributed by atoms with van der Waals surface area (Å²) in [5.74, 6) is -0.622. The van der Waals surface area contributed by atoms with Crippen LogP contribution < -0.4 is 0 Å². The fraction of sp³-hybridized carbons (Fsp3) is 0.875. The van der Waals surface area contributed by atoms with Crippen LogP contribution in [0.1, 0.15) is 71.6 Å². The van der Waals surface area contributed by atoms with Crippen LogP contribution in [-0.2, 0) is 9.59 Å². The third kappa shape index (κ3) is 9.62. The minimum Gasteiger partial charge on any atom is -0.481 e. The van der Waals surface area contributed by atoms with E-state index >= 15 is 0 Å². The van der Waals surface area contributed by atoms with Crippen LogP contribution in [0, 0.1) is 0 Å². The Hall–Kier alpha value is -0.360. The average Bonchev–Trinajstić information content (AvgIpc) is 2.45. The number of carboxylic acid groups (broad SMARTS) is 2. The van der Waals surface area contributed by atoms with Crippen molar-refractivity contribution in [1.82, 2.24) is 0 Å². The summed E-state index contributed by atoms with van der Waals surface area (Å²) < 4.78 is -1.23. The van der Waals surface area contributed by atoms with Gasteiger partial charge in [-0.2, -0.15) is 0 Å². The second-order valence-corrected chi connectivity index (χ2v) is 8.49. The van der Waals surface area contributed by atoms with Gasteiger partial charge in [-0.1, -0.05) is 52.4 Å². The molecule has 22 heavy (non-hydrogen) atoms. The lowest BCUT2D eigenvalue weighted by atomic mass is 10.2. The smallest absolute Gasteiger partial charge is 0.330 e. The third-order valence-corrected chi connectivity index (χ3v) is 6.64. The van der Waals surface area contributed by atoms with Crippen LogP contribution >= 0.6 is 23.5 Å². The molecule has 4 nitrogen and oxygen atoms in total. The van der Waals surface area contributed by atoms with Gasteiger partial charge in [0.2, 0.25) is 0 Å². The molecule has 0 saturated carbocycles. The van der Waals surface area contributed by atoms with Crippen LogP contribution in [0.2, 0.25) is 0 Å². The molecule has 0 rings (SSSR count). The molecule has 0 aliphatic carbocycles. The van der Waals surface area contributed by atoms with E-state index in [0.717, 1.165) is 51.4 Å².